The molecular formula is C13H19N3O3. The van der Waals surface area contributed by atoms with Crippen LogP contribution in [-0.2, 0) is 4.79 Å². The number of rotatable bonds is 5. The summed E-state index contributed by atoms with van der Waals surface area (Å²) in [5.74, 6) is -0.178. The van der Waals surface area contributed by atoms with Gasteiger partial charge >= 0.3 is 0 Å². The Kier molecular flexibility index (Phi) is 4.61. The maximum atomic E-state index is 12.0. The number of carbonyl (C=O) groups is 1. The van der Waals surface area contributed by atoms with E-state index in [2.05, 4.69) is 10.6 Å². The molecule has 2 N–H and O–H groups in total. The van der Waals surface area contributed by atoms with E-state index in [1.807, 2.05) is 6.92 Å². The molecule has 0 aliphatic rings. The SMILES string of the molecule is CCNC(C)(C)C(=O)Nc1ccc([N+](=O)[O-])c(C)c1. The minimum absolute atomic E-state index is 0.0453. The zero-order valence-electron chi connectivity index (χ0n) is 11.6. The summed E-state index contributed by atoms with van der Waals surface area (Å²) >= 11 is 0. The number of carbonyl (C=O) groups excluding carboxylic acids is 1. The number of benzene rings is 1. The Balaban J connectivity index is 2.87. The van der Waals surface area contributed by atoms with E-state index in [9.17, 15) is 14.9 Å². The van der Waals surface area contributed by atoms with Crippen molar-refractivity contribution in [3.05, 3.63) is 33.9 Å². The molecule has 6 heteroatoms. The van der Waals surface area contributed by atoms with Crippen molar-refractivity contribution in [1.82, 2.24) is 5.32 Å². The van der Waals surface area contributed by atoms with Crippen LogP contribution in [0.1, 0.15) is 26.3 Å². The lowest BCUT2D eigenvalue weighted by atomic mass is 10.0. The number of nitrogens with zero attached hydrogens (tertiary/aromatic N) is 1. The second-order valence-electron chi connectivity index (χ2n) is 4.87. The first kappa shape index (κ1) is 15.1. The Hall–Kier alpha value is -1.95. The fourth-order valence-electron chi connectivity index (χ4n) is 1.75. The number of nitro groups is 1. The van der Waals surface area contributed by atoms with Crippen molar-refractivity contribution in [2.24, 2.45) is 0 Å². The molecule has 1 aromatic rings. The van der Waals surface area contributed by atoms with Gasteiger partial charge in [-0.1, -0.05) is 6.92 Å². The number of nitro benzene ring substituents is 1. The molecule has 104 valence electrons. The third kappa shape index (κ3) is 3.75. The Morgan fingerprint density at radius 2 is 2.05 bits per heavy atom. The molecule has 0 saturated carbocycles. The number of hydrogen-bond donors (Lipinski definition) is 2. The average Bonchev–Trinajstić information content (AvgIpc) is 2.28. The molecule has 0 spiro atoms. The molecule has 0 aliphatic heterocycles. The predicted octanol–water partition coefficient (Wildman–Crippen LogP) is 2.23. The van der Waals surface area contributed by atoms with Crippen molar-refractivity contribution in [3.8, 4) is 0 Å². The van der Waals surface area contributed by atoms with Crippen LogP contribution in [-0.4, -0.2) is 22.9 Å². The molecule has 6 nitrogen and oxygen atoms in total. The monoisotopic (exact) mass is 265 g/mol. The van der Waals surface area contributed by atoms with E-state index in [1.54, 1.807) is 26.8 Å². The van der Waals surface area contributed by atoms with E-state index in [0.717, 1.165) is 0 Å². The molecule has 0 unspecified atom stereocenters. The smallest absolute Gasteiger partial charge is 0.272 e. The number of aryl methyl sites for hydroxylation is 1. The van der Waals surface area contributed by atoms with Crippen LogP contribution in [0.5, 0.6) is 0 Å². The van der Waals surface area contributed by atoms with Gasteiger partial charge in [-0.25, -0.2) is 0 Å². The minimum Gasteiger partial charge on any atom is -0.324 e. The van der Waals surface area contributed by atoms with E-state index in [-0.39, 0.29) is 11.6 Å². The van der Waals surface area contributed by atoms with Gasteiger partial charge in [-0.05, 0) is 39.4 Å². The molecule has 1 aromatic carbocycles. The lowest BCUT2D eigenvalue weighted by Gasteiger charge is -2.24. The number of amides is 1. The van der Waals surface area contributed by atoms with Crippen LogP contribution in [0, 0.1) is 17.0 Å². The van der Waals surface area contributed by atoms with Gasteiger partial charge in [0.25, 0.3) is 5.69 Å². The van der Waals surface area contributed by atoms with E-state index in [0.29, 0.717) is 17.8 Å². The Morgan fingerprint density at radius 3 is 2.53 bits per heavy atom. The van der Waals surface area contributed by atoms with Gasteiger partial charge in [0.15, 0.2) is 0 Å². The summed E-state index contributed by atoms with van der Waals surface area (Å²) in [6, 6.07) is 4.52. The van der Waals surface area contributed by atoms with E-state index in [1.165, 1.54) is 12.1 Å². The highest BCUT2D eigenvalue weighted by molar-refractivity contribution is 5.97. The zero-order valence-corrected chi connectivity index (χ0v) is 11.6. The van der Waals surface area contributed by atoms with Crippen LogP contribution >= 0.6 is 0 Å². The minimum atomic E-state index is -0.690. The van der Waals surface area contributed by atoms with E-state index >= 15 is 0 Å². The van der Waals surface area contributed by atoms with Crippen LogP contribution in [0.15, 0.2) is 18.2 Å². The molecule has 0 fully saturated rings. The summed E-state index contributed by atoms with van der Waals surface area (Å²) < 4.78 is 0. The summed E-state index contributed by atoms with van der Waals surface area (Å²) in [5, 5.41) is 16.5. The summed E-state index contributed by atoms with van der Waals surface area (Å²) in [4.78, 5) is 22.3. The molecule has 0 bridgehead atoms. The summed E-state index contributed by atoms with van der Waals surface area (Å²) in [6.07, 6.45) is 0. The average molecular weight is 265 g/mol. The van der Waals surface area contributed by atoms with Gasteiger partial charge in [-0.2, -0.15) is 0 Å². The second-order valence-corrected chi connectivity index (χ2v) is 4.87. The Labute approximate surface area is 112 Å². The number of nitrogens with one attached hydrogen (secondary N) is 2. The molecule has 0 radical (unpaired) electrons. The van der Waals surface area contributed by atoms with E-state index in [4.69, 9.17) is 0 Å². The highest BCUT2D eigenvalue weighted by atomic mass is 16.6. The van der Waals surface area contributed by atoms with Crippen molar-refractivity contribution < 1.29 is 9.72 Å². The zero-order chi connectivity index (χ0) is 14.6. The molecular weight excluding hydrogens is 246 g/mol. The lowest BCUT2D eigenvalue weighted by molar-refractivity contribution is -0.385. The highest BCUT2D eigenvalue weighted by Gasteiger charge is 2.26. The van der Waals surface area contributed by atoms with Gasteiger partial charge < -0.3 is 10.6 Å². The van der Waals surface area contributed by atoms with Crippen LogP contribution in [0.3, 0.4) is 0 Å². The number of hydrogen-bond acceptors (Lipinski definition) is 4. The van der Waals surface area contributed by atoms with Gasteiger partial charge in [-0.15, -0.1) is 0 Å². The first-order valence-electron chi connectivity index (χ1n) is 6.09. The third-order valence-corrected chi connectivity index (χ3v) is 2.84. The second kappa shape index (κ2) is 5.79. The normalized spacial score (nSPS) is 11.2. The molecule has 0 aliphatic carbocycles. The topological polar surface area (TPSA) is 84.3 Å². The van der Waals surface area contributed by atoms with E-state index < -0.39 is 10.5 Å². The third-order valence-electron chi connectivity index (χ3n) is 2.84. The van der Waals surface area contributed by atoms with Gasteiger partial charge in [0.1, 0.15) is 0 Å². The van der Waals surface area contributed by atoms with Crippen LogP contribution in [0.4, 0.5) is 11.4 Å². The van der Waals surface area contributed by atoms with Crippen molar-refractivity contribution >= 4 is 17.3 Å². The standard InChI is InChI=1S/C13H19N3O3/c1-5-14-13(3,4)12(17)15-10-6-7-11(16(18)19)9(2)8-10/h6-8,14H,5H2,1-4H3,(H,15,17). The van der Waals surface area contributed by atoms with Crippen LogP contribution < -0.4 is 10.6 Å². The largest absolute Gasteiger partial charge is 0.324 e. The van der Waals surface area contributed by atoms with Gasteiger partial charge in [0, 0.05) is 17.3 Å². The molecule has 0 atom stereocenters. The summed E-state index contributed by atoms with van der Waals surface area (Å²) in [7, 11) is 0. The lowest BCUT2D eigenvalue weighted by Crippen LogP contribution is -2.49. The molecule has 0 heterocycles. The van der Waals surface area contributed by atoms with Gasteiger partial charge in [0.2, 0.25) is 5.91 Å². The molecule has 1 rings (SSSR count). The van der Waals surface area contributed by atoms with Gasteiger partial charge in [-0.3, -0.25) is 14.9 Å². The summed E-state index contributed by atoms with van der Waals surface area (Å²) in [6.45, 7) is 7.81. The highest BCUT2D eigenvalue weighted by Crippen LogP contribution is 2.22. The number of anilines is 1. The molecule has 19 heavy (non-hydrogen) atoms. The molecule has 0 saturated heterocycles. The quantitative estimate of drug-likeness (QED) is 0.631. The molecule has 1 amide bonds. The maximum absolute atomic E-state index is 12.0. The fraction of sp³-hybridized carbons (Fsp3) is 0.462. The van der Waals surface area contributed by atoms with Crippen molar-refractivity contribution in [2.75, 3.05) is 11.9 Å². The van der Waals surface area contributed by atoms with Crippen molar-refractivity contribution in [2.45, 2.75) is 33.2 Å². The Bertz CT molecular complexity index is 498. The predicted molar refractivity (Wildman–Crippen MR) is 74.2 cm³/mol. The van der Waals surface area contributed by atoms with Crippen molar-refractivity contribution in [1.29, 1.82) is 0 Å². The van der Waals surface area contributed by atoms with Gasteiger partial charge in [0.05, 0.1) is 10.5 Å². The Morgan fingerprint density at radius 1 is 1.42 bits per heavy atom. The van der Waals surface area contributed by atoms with Crippen LogP contribution in [0.2, 0.25) is 0 Å². The van der Waals surface area contributed by atoms with Crippen LogP contribution in [0.25, 0.3) is 0 Å². The first-order valence-corrected chi connectivity index (χ1v) is 6.09. The summed E-state index contributed by atoms with van der Waals surface area (Å²) in [5.41, 5.74) is 0.428. The molecule has 0 aromatic heterocycles. The first-order chi connectivity index (χ1) is 8.77. The number of likely N-dealkylation sites (N-methyl/N-ethyl adjacent to an activating group) is 1. The fourth-order valence-corrected chi connectivity index (χ4v) is 1.75. The maximum Gasteiger partial charge on any atom is 0.272 e. The van der Waals surface area contributed by atoms with Crippen molar-refractivity contribution in [3.63, 3.8) is 0 Å².